The highest BCUT2D eigenvalue weighted by Crippen LogP contribution is 2.28. The number of nitrogens with two attached hydrogens (primary N) is 1. The fraction of sp³-hybridized carbons (Fsp3) is 0.250. The molecule has 0 aliphatic rings. The van der Waals surface area contributed by atoms with Crippen molar-refractivity contribution in [3.8, 4) is 16.9 Å². The lowest BCUT2D eigenvalue weighted by Gasteiger charge is -2.19. The summed E-state index contributed by atoms with van der Waals surface area (Å²) in [4.78, 5) is 29.2. The first-order valence-corrected chi connectivity index (χ1v) is 10.2. The van der Waals surface area contributed by atoms with E-state index < -0.39 is 5.91 Å². The lowest BCUT2D eigenvalue weighted by Crippen LogP contribution is -2.23. The van der Waals surface area contributed by atoms with E-state index in [-0.39, 0.29) is 23.4 Å². The van der Waals surface area contributed by atoms with Crippen LogP contribution in [0.5, 0.6) is 0 Å². The first-order valence-electron chi connectivity index (χ1n) is 10.2. The SMILES string of the molecule is Cn1cc(-c2cccc(-n3ncc4cc(C(C)(C)C)ccc4c3=O)c2CO)nc1C(N)=O. The Morgan fingerprint density at radius 1 is 1.19 bits per heavy atom. The highest BCUT2D eigenvalue weighted by molar-refractivity contribution is 5.90. The van der Waals surface area contributed by atoms with Gasteiger partial charge in [0.2, 0.25) is 0 Å². The molecule has 0 saturated heterocycles. The molecule has 164 valence electrons. The lowest BCUT2D eigenvalue weighted by molar-refractivity contribution is 0.0987. The van der Waals surface area contributed by atoms with Gasteiger partial charge < -0.3 is 15.4 Å². The molecular weight excluding hydrogens is 406 g/mol. The minimum atomic E-state index is -0.650. The number of benzene rings is 2. The molecular formula is C24H25N5O3. The molecule has 2 aromatic carbocycles. The molecule has 8 nitrogen and oxygen atoms in total. The number of nitrogens with zero attached hydrogens (tertiary/aromatic N) is 4. The highest BCUT2D eigenvalue weighted by Gasteiger charge is 2.19. The summed E-state index contributed by atoms with van der Waals surface area (Å²) in [5.74, 6) is -0.549. The topological polar surface area (TPSA) is 116 Å². The Kier molecular flexibility index (Phi) is 5.18. The molecule has 0 saturated carbocycles. The number of fused-ring (bicyclic) bond motifs is 1. The first-order chi connectivity index (χ1) is 15.1. The number of aryl methyl sites for hydroxylation is 1. The summed E-state index contributed by atoms with van der Waals surface area (Å²) in [7, 11) is 1.67. The van der Waals surface area contributed by atoms with Crippen LogP contribution in [-0.2, 0) is 19.1 Å². The molecule has 0 atom stereocenters. The first kappa shape index (κ1) is 21.5. The predicted octanol–water partition coefficient (Wildman–Crippen LogP) is 2.67. The van der Waals surface area contributed by atoms with Crippen LogP contribution in [0.2, 0.25) is 0 Å². The maximum atomic E-state index is 13.3. The van der Waals surface area contributed by atoms with E-state index in [9.17, 15) is 14.7 Å². The molecule has 0 spiro atoms. The zero-order valence-corrected chi connectivity index (χ0v) is 18.5. The quantitative estimate of drug-likeness (QED) is 0.515. The van der Waals surface area contributed by atoms with Gasteiger partial charge in [-0.1, -0.05) is 39.0 Å². The Balaban J connectivity index is 1.90. The number of aliphatic hydroxyl groups excluding tert-OH is 1. The number of hydrogen-bond donors (Lipinski definition) is 2. The van der Waals surface area contributed by atoms with Crippen molar-refractivity contribution in [2.24, 2.45) is 12.8 Å². The summed E-state index contributed by atoms with van der Waals surface area (Å²) < 4.78 is 2.81. The fourth-order valence-electron chi connectivity index (χ4n) is 3.79. The molecule has 8 heteroatoms. The molecule has 0 aliphatic heterocycles. The molecule has 0 fully saturated rings. The van der Waals surface area contributed by atoms with Gasteiger partial charge in [0, 0.05) is 29.8 Å². The van der Waals surface area contributed by atoms with Crippen molar-refractivity contribution in [3.05, 3.63) is 76.1 Å². The van der Waals surface area contributed by atoms with Gasteiger partial charge in [-0.25, -0.2) is 4.98 Å². The number of primary amides is 1. The smallest absolute Gasteiger partial charge is 0.284 e. The minimum Gasteiger partial charge on any atom is -0.392 e. The Labute approximate surface area is 184 Å². The Bertz CT molecular complexity index is 1410. The molecule has 32 heavy (non-hydrogen) atoms. The largest absolute Gasteiger partial charge is 0.392 e. The van der Waals surface area contributed by atoms with E-state index in [0.717, 1.165) is 10.9 Å². The number of aliphatic hydroxyl groups is 1. The monoisotopic (exact) mass is 431 g/mol. The third-order valence-electron chi connectivity index (χ3n) is 5.56. The summed E-state index contributed by atoms with van der Waals surface area (Å²) in [6.45, 7) is 6.00. The van der Waals surface area contributed by atoms with Gasteiger partial charge in [0.15, 0.2) is 5.82 Å². The van der Waals surface area contributed by atoms with E-state index in [1.54, 1.807) is 37.6 Å². The maximum absolute atomic E-state index is 13.3. The molecule has 2 heterocycles. The van der Waals surface area contributed by atoms with Crippen molar-refractivity contribution in [2.75, 3.05) is 0 Å². The summed E-state index contributed by atoms with van der Waals surface area (Å²) >= 11 is 0. The molecule has 4 aromatic rings. The average Bonchev–Trinajstić information content (AvgIpc) is 3.14. The van der Waals surface area contributed by atoms with Gasteiger partial charge in [-0.05, 0) is 29.2 Å². The number of carbonyl (C=O) groups is 1. The van der Waals surface area contributed by atoms with Crippen LogP contribution in [0, 0.1) is 0 Å². The van der Waals surface area contributed by atoms with Gasteiger partial charge in [0.05, 0.1) is 29.6 Å². The molecule has 3 N–H and O–H groups in total. The minimum absolute atomic E-state index is 0.0477. The van der Waals surface area contributed by atoms with E-state index in [2.05, 4.69) is 30.9 Å². The number of amides is 1. The molecule has 0 unspecified atom stereocenters. The van der Waals surface area contributed by atoms with Crippen LogP contribution in [0.3, 0.4) is 0 Å². The predicted molar refractivity (Wildman–Crippen MR) is 123 cm³/mol. The molecule has 0 radical (unpaired) electrons. The zero-order valence-electron chi connectivity index (χ0n) is 18.5. The second kappa shape index (κ2) is 7.72. The molecule has 0 bridgehead atoms. The number of rotatable bonds is 4. The average molecular weight is 431 g/mol. The van der Waals surface area contributed by atoms with Crippen molar-refractivity contribution < 1.29 is 9.90 Å². The summed E-state index contributed by atoms with van der Waals surface area (Å²) in [6, 6.07) is 11.0. The molecule has 1 amide bonds. The van der Waals surface area contributed by atoms with Gasteiger partial charge in [-0.3, -0.25) is 9.59 Å². The maximum Gasteiger partial charge on any atom is 0.284 e. The van der Waals surface area contributed by atoms with E-state index in [4.69, 9.17) is 5.73 Å². The van der Waals surface area contributed by atoms with Crippen molar-refractivity contribution in [1.82, 2.24) is 19.3 Å². The van der Waals surface area contributed by atoms with Crippen LogP contribution in [0.25, 0.3) is 27.7 Å². The van der Waals surface area contributed by atoms with Gasteiger partial charge >= 0.3 is 0 Å². The molecule has 2 aromatic heterocycles. The summed E-state index contributed by atoms with van der Waals surface area (Å²) in [5, 5.41) is 15.9. The lowest BCUT2D eigenvalue weighted by atomic mass is 9.86. The van der Waals surface area contributed by atoms with Crippen molar-refractivity contribution in [2.45, 2.75) is 32.8 Å². The number of hydrogen-bond acceptors (Lipinski definition) is 5. The van der Waals surface area contributed by atoms with E-state index in [0.29, 0.717) is 27.9 Å². The van der Waals surface area contributed by atoms with Crippen molar-refractivity contribution in [3.63, 3.8) is 0 Å². The van der Waals surface area contributed by atoms with Crippen LogP contribution >= 0.6 is 0 Å². The van der Waals surface area contributed by atoms with E-state index in [1.807, 2.05) is 18.2 Å². The molecule has 4 rings (SSSR count). The van der Waals surface area contributed by atoms with Gasteiger partial charge in [-0.15, -0.1) is 0 Å². The fourth-order valence-corrected chi connectivity index (χ4v) is 3.79. The van der Waals surface area contributed by atoms with Crippen LogP contribution in [0.4, 0.5) is 0 Å². The van der Waals surface area contributed by atoms with Crippen LogP contribution in [0.15, 0.2) is 53.6 Å². The zero-order chi connectivity index (χ0) is 23.2. The standard InChI is InChI=1S/C24H25N5O3/c1-24(2,3)15-8-9-16-14(10-15)11-26-29(23(16)32)20-7-5-6-17(18(20)13-30)19-12-28(4)22(27-19)21(25)31/h5-12,30H,13H2,1-4H3,(H2,25,31). The van der Waals surface area contributed by atoms with Crippen LogP contribution < -0.4 is 11.3 Å². The molecule has 0 aliphatic carbocycles. The number of carbonyl (C=O) groups excluding carboxylic acids is 1. The van der Waals surface area contributed by atoms with Crippen molar-refractivity contribution in [1.29, 1.82) is 0 Å². The summed E-state index contributed by atoms with van der Waals surface area (Å²) in [5.41, 5.74) is 8.14. The third-order valence-corrected chi connectivity index (χ3v) is 5.56. The highest BCUT2D eigenvalue weighted by atomic mass is 16.3. The van der Waals surface area contributed by atoms with Gasteiger partial charge in [0.1, 0.15) is 0 Å². The van der Waals surface area contributed by atoms with Crippen molar-refractivity contribution >= 4 is 16.7 Å². The van der Waals surface area contributed by atoms with Crippen LogP contribution in [0.1, 0.15) is 42.5 Å². The summed E-state index contributed by atoms with van der Waals surface area (Å²) in [6.07, 6.45) is 3.31. The Morgan fingerprint density at radius 3 is 2.56 bits per heavy atom. The third kappa shape index (κ3) is 3.58. The second-order valence-corrected chi connectivity index (χ2v) is 8.80. The van der Waals surface area contributed by atoms with Gasteiger partial charge in [-0.2, -0.15) is 9.78 Å². The van der Waals surface area contributed by atoms with Gasteiger partial charge in [0.25, 0.3) is 11.5 Å². The van der Waals surface area contributed by atoms with Crippen LogP contribution in [-0.4, -0.2) is 30.3 Å². The number of aromatic nitrogens is 4. The van der Waals surface area contributed by atoms with E-state index >= 15 is 0 Å². The number of imidazole rings is 1. The Morgan fingerprint density at radius 2 is 1.94 bits per heavy atom. The Hall–Kier alpha value is -3.78. The normalized spacial score (nSPS) is 11.8. The second-order valence-electron chi connectivity index (χ2n) is 8.80. The van der Waals surface area contributed by atoms with E-state index in [1.165, 1.54) is 9.25 Å².